The van der Waals surface area contributed by atoms with Crippen molar-refractivity contribution in [2.75, 3.05) is 6.61 Å². The van der Waals surface area contributed by atoms with Gasteiger partial charge in [-0.2, -0.15) is 0 Å². The Morgan fingerprint density at radius 2 is 2.17 bits per heavy atom. The van der Waals surface area contributed by atoms with Gasteiger partial charge >= 0.3 is 5.97 Å². The molecule has 0 fully saturated rings. The number of halogens is 3. The van der Waals surface area contributed by atoms with Crippen LogP contribution in [0.25, 0.3) is 6.08 Å². The van der Waals surface area contributed by atoms with Gasteiger partial charge in [-0.05, 0) is 23.8 Å². The van der Waals surface area contributed by atoms with Gasteiger partial charge in [0.2, 0.25) is 0 Å². The van der Waals surface area contributed by atoms with Crippen LogP contribution in [0.5, 0.6) is 5.75 Å². The lowest BCUT2D eigenvalue weighted by molar-refractivity contribution is -0.131. The van der Waals surface area contributed by atoms with Crippen LogP contribution in [0.15, 0.2) is 34.8 Å². The zero-order chi connectivity index (χ0) is 13.5. The highest BCUT2D eigenvalue weighted by Gasteiger charge is 2.01. The highest BCUT2D eigenvalue weighted by atomic mass is 35.5. The average Bonchev–Trinajstić information content (AvgIpc) is 2.33. The zero-order valence-electron chi connectivity index (χ0n) is 9.07. The van der Waals surface area contributed by atoms with E-state index < -0.39 is 11.8 Å². The summed E-state index contributed by atoms with van der Waals surface area (Å²) < 4.78 is 18.4. The third-order valence-electron chi connectivity index (χ3n) is 1.81. The Morgan fingerprint density at radius 1 is 1.44 bits per heavy atom. The summed E-state index contributed by atoms with van der Waals surface area (Å²) in [5.74, 6) is -1.42. The summed E-state index contributed by atoms with van der Waals surface area (Å²) in [5, 5.41) is 8.74. The molecule has 0 radical (unpaired) electrons. The number of carbonyl (C=O) groups is 1. The number of carboxylic acids is 1. The van der Waals surface area contributed by atoms with Gasteiger partial charge in [0.25, 0.3) is 0 Å². The van der Waals surface area contributed by atoms with Crippen LogP contribution in [-0.4, -0.2) is 17.7 Å². The van der Waals surface area contributed by atoms with Crippen molar-refractivity contribution in [1.29, 1.82) is 0 Å². The normalized spacial score (nSPS) is 11.8. The predicted octanol–water partition coefficient (Wildman–Crippen LogP) is 3.62. The van der Waals surface area contributed by atoms with E-state index in [-0.39, 0.29) is 17.4 Å². The molecule has 18 heavy (non-hydrogen) atoms. The Bertz CT molecular complexity index is 498. The maximum atomic E-state index is 13.2. The molecule has 0 atom stereocenters. The van der Waals surface area contributed by atoms with Crippen molar-refractivity contribution in [3.8, 4) is 5.75 Å². The van der Waals surface area contributed by atoms with E-state index in [4.69, 9.17) is 33.0 Å². The number of hydrogen-bond donors (Lipinski definition) is 1. The lowest BCUT2D eigenvalue weighted by atomic mass is 10.2. The van der Waals surface area contributed by atoms with Gasteiger partial charge in [-0.25, -0.2) is 9.18 Å². The van der Waals surface area contributed by atoms with Crippen LogP contribution in [-0.2, 0) is 4.79 Å². The minimum absolute atomic E-state index is 0.0105. The molecule has 96 valence electrons. The van der Waals surface area contributed by atoms with Gasteiger partial charge in [-0.1, -0.05) is 23.2 Å². The van der Waals surface area contributed by atoms with Gasteiger partial charge in [0.15, 0.2) is 0 Å². The average molecular weight is 291 g/mol. The van der Waals surface area contributed by atoms with Crippen molar-refractivity contribution < 1.29 is 19.0 Å². The molecule has 0 aliphatic heterocycles. The highest BCUT2D eigenvalue weighted by molar-refractivity contribution is 6.36. The van der Waals surface area contributed by atoms with Crippen molar-refractivity contribution >= 4 is 35.2 Å². The molecule has 0 bridgehead atoms. The molecule has 6 heteroatoms. The Morgan fingerprint density at radius 3 is 2.78 bits per heavy atom. The fourth-order valence-corrected chi connectivity index (χ4v) is 1.23. The lowest BCUT2D eigenvalue weighted by Gasteiger charge is -2.06. The molecule has 0 unspecified atom stereocenters. The van der Waals surface area contributed by atoms with Gasteiger partial charge in [0.1, 0.15) is 18.2 Å². The van der Waals surface area contributed by atoms with Crippen molar-refractivity contribution in [3.05, 3.63) is 46.2 Å². The summed E-state index contributed by atoms with van der Waals surface area (Å²) in [5.41, 5.74) is 1.52. The molecule has 0 saturated heterocycles. The molecule has 0 spiro atoms. The second-order valence-electron chi connectivity index (χ2n) is 3.24. The summed E-state index contributed by atoms with van der Waals surface area (Å²) in [4.78, 5) is 10.3. The van der Waals surface area contributed by atoms with E-state index in [9.17, 15) is 9.18 Å². The van der Waals surface area contributed by atoms with E-state index in [0.717, 1.165) is 17.7 Å². The van der Waals surface area contributed by atoms with Crippen molar-refractivity contribution in [1.82, 2.24) is 0 Å². The molecule has 0 saturated carbocycles. The van der Waals surface area contributed by atoms with Gasteiger partial charge < -0.3 is 9.84 Å². The molecule has 1 N–H and O–H groups in total. The standard InChI is InChI=1S/C12H9Cl2FO3/c13-6-9(14)7-18-11-4-8(1-2-12(16)17)3-10(15)5-11/h1-6H,7H2,(H,16,17)/b2-1+,9-6-. The molecule has 0 amide bonds. The third kappa shape index (κ3) is 5.21. The molecule has 0 aliphatic rings. The molecule has 1 rings (SSSR count). The molecular weight excluding hydrogens is 282 g/mol. The van der Waals surface area contributed by atoms with Gasteiger partial charge in [0.05, 0.1) is 5.03 Å². The molecule has 0 aliphatic carbocycles. The van der Waals surface area contributed by atoms with E-state index in [1.807, 2.05) is 0 Å². The maximum absolute atomic E-state index is 13.2. The van der Waals surface area contributed by atoms with Crippen LogP contribution in [0.1, 0.15) is 5.56 Å². The summed E-state index contributed by atoms with van der Waals surface area (Å²) in [7, 11) is 0. The van der Waals surface area contributed by atoms with E-state index in [0.29, 0.717) is 5.56 Å². The van der Waals surface area contributed by atoms with Crippen LogP contribution in [0.2, 0.25) is 0 Å². The molecule has 1 aromatic carbocycles. The second-order valence-corrected chi connectivity index (χ2v) is 3.94. The fraction of sp³-hybridized carbons (Fsp3) is 0.0833. The Balaban J connectivity index is 2.84. The summed E-state index contributed by atoms with van der Waals surface area (Å²) >= 11 is 11.0. The molecular formula is C12H9Cl2FO3. The first-order valence-electron chi connectivity index (χ1n) is 4.80. The van der Waals surface area contributed by atoms with Gasteiger partial charge in [-0.3, -0.25) is 0 Å². The Hall–Kier alpha value is -1.52. The SMILES string of the molecule is O=C(O)/C=C/c1cc(F)cc(OC/C(Cl)=C/Cl)c1. The smallest absolute Gasteiger partial charge is 0.328 e. The number of aliphatic carboxylic acids is 1. The fourth-order valence-electron chi connectivity index (χ4n) is 1.12. The van der Waals surface area contributed by atoms with Crippen molar-refractivity contribution in [2.45, 2.75) is 0 Å². The first kappa shape index (κ1) is 14.5. The first-order chi connectivity index (χ1) is 8.51. The quantitative estimate of drug-likeness (QED) is 0.843. The van der Waals surface area contributed by atoms with E-state index in [1.165, 1.54) is 18.2 Å². The van der Waals surface area contributed by atoms with E-state index in [2.05, 4.69) is 0 Å². The third-order valence-corrected chi connectivity index (χ3v) is 2.40. The second kappa shape index (κ2) is 7.03. The largest absolute Gasteiger partial charge is 0.488 e. The first-order valence-corrected chi connectivity index (χ1v) is 5.62. The van der Waals surface area contributed by atoms with Crippen molar-refractivity contribution in [3.63, 3.8) is 0 Å². The Kier molecular flexibility index (Phi) is 5.68. The lowest BCUT2D eigenvalue weighted by Crippen LogP contribution is -1.97. The topological polar surface area (TPSA) is 46.5 Å². The monoisotopic (exact) mass is 290 g/mol. The number of hydrogen-bond acceptors (Lipinski definition) is 2. The number of benzene rings is 1. The van der Waals surface area contributed by atoms with Crippen LogP contribution in [0.4, 0.5) is 4.39 Å². The van der Waals surface area contributed by atoms with Crippen LogP contribution in [0, 0.1) is 5.82 Å². The summed E-state index contributed by atoms with van der Waals surface area (Å²) in [6, 6.07) is 3.84. The number of ether oxygens (including phenoxy) is 1. The van der Waals surface area contributed by atoms with Crippen LogP contribution < -0.4 is 4.74 Å². The van der Waals surface area contributed by atoms with Gasteiger partial charge in [0, 0.05) is 17.7 Å². The van der Waals surface area contributed by atoms with E-state index >= 15 is 0 Å². The highest BCUT2D eigenvalue weighted by Crippen LogP contribution is 2.19. The number of carboxylic acid groups (broad SMARTS) is 1. The minimum Gasteiger partial charge on any atom is -0.488 e. The molecule has 1 aromatic rings. The van der Waals surface area contributed by atoms with Crippen molar-refractivity contribution in [2.24, 2.45) is 0 Å². The minimum atomic E-state index is -1.12. The molecule has 3 nitrogen and oxygen atoms in total. The maximum Gasteiger partial charge on any atom is 0.328 e. The predicted molar refractivity (Wildman–Crippen MR) is 68.4 cm³/mol. The number of rotatable bonds is 5. The van der Waals surface area contributed by atoms with E-state index in [1.54, 1.807) is 0 Å². The van der Waals surface area contributed by atoms with Gasteiger partial charge in [-0.15, -0.1) is 0 Å². The molecule has 0 heterocycles. The van der Waals surface area contributed by atoms with Crippen LogP contribution >= 0.6 is 23.2 Å². The Labute approximate surface area is 113 Å². The zero-order valence-corrected chi connectivity index (χ0v) is 10.6. The summed E-state index contributed by atoms with van der Waals surface area (Å²) in [6.45, 7) is 0.0105. The van der Waals surface area contributed by atoms with Crippen LogP contribution in [0.3, 0.4) is 0 Å². The molecule has 0 aromatic heterocycles. The summed E-state index contributed by atoms with van der Waals surface area (Å²) in [6.07, 6.45) is 2.17.